The minimum atomic E-state index is -4.27. The molecular formula is C20H22F3NO2S. The maximum atomic E-state index is 12.3. The molecule has 146 valence electrons. The summed E-state index contributed by atoms with van der Waals surface area (Å²) in [4.78, 5) is 4.51. The monoisotopic (exact) mass is 397 g/mol. The second-order valence-corrected chi connectivity index (χ2v) is 6.77. The first-order valence-electron chi connectivity index (χ1n) is 8.61. The molecule has 2 aromatic carbocycles. The molecule has 27 heavy (non-hydrogen) atoms. The van der Waals surface area contributed by atoms with Gasteiger partial charge in [-0.25, -0.2) is 0 Å². The first kappa shape index (κ1) is 21.3. The van der Waals surface area contributed by atoms with Crippen molar-refractivity contribution >= 4 is 18.0 Å². The molecule has 2 rings (SSSR count). The lowest BCUT2D eigenvalue weighted by atomic mass is 10.2. The Labute approximate surface area is 161 Å². The Morgan fingerprint density at radius 1 is 1.04 bits per heavy atom. The number of benzene rings is 2. The van der Waals surface area contributed by atoms with E-state index in [1.165, 1.54) is 12.1 Å². The van der Waals surface area contributed by atoms with Crippen LogP contribution in [0.25, 0.3) is 0 Å². The molecule has 0 radical (unpaired) electrons. The van der Waals surface area contributed by atoms with Crippen molar-refractivity contribution in [2.75, 3.05) is 19.8 Å². The van der Waals surface area contributed by atoms with E-state index in [9.17, 15) is 13.2 Å². The predicted octanol–water partition coefficient (Wildman–Crippen LogP) is 5.72. The third-order valence-electron chi connectivity index (χ3n) is 3.46. The summed E-state index contributed by atoms with van der Waals surface area (Å²) in [6.45, 7) is 4.43. The fourth-order valence-corrected chi connectivity index (χ4v) is 2.72. The van der Waals surface area contributed by atoms with Crippen molar-refractivity contribution in [3.63, 3.8) is 0 Å². The number of hydrogen-bond acceptors (Lipinski definition) is 4. The molecule has 0 bridgehead atoms. The van der Waals surface area contributed by atoms with Gasteiger partial charge < -0.3 is 9.47 Å². The van der Waals surface area contributed by atoms with Crippen molar-refractivity contribution in [3.05, 3.63) is 59.7 Å². The highest BCUT2D eigenvalue weighted by atomic mass is 32.2. The molecule has 0 aliphatic carbocycles. The van der Waals surface area contributed by atoms with Crippen molar-refractivity contribution in [2.24, 2.45) is 4.99 Å². The van der Waals surface area contributed by atoms with Crippen LogP contribution in [0.1, 0.15) is 24.5 Å². The molecule has 0 saturated heterocycles. The first-order chi connectivity index (χ1) is 13.0. The third kappa shape index (κ3) is 8.97. The van der Waals surface area contributed by atoms with Gasteiger partial charge in [-0.1, -0.05) is 12.1 Å². The second-order valence-electron chi connectivity index (χ2n) is 5.64. The van der Waals surface area contributed by atoms with E-state index in [1.54, 1.807) is 12.1 Å². The Balaban J connectivity index is 1.77. The number of rotatable bonds is 10. The normalized spacial score (nSPS) is 11.9. The van der Waals surface area contributed by atoms with Crippen LogP contribution in [0.4, 0.5) is 13.2 Å². The quantitative estimate of drug-likeness (QED) is 0.292. The van der Waals surface area contributed by atoms with Crippen LogP contribution in [-0.4, -0.2) is 31.5 Å². The summed E-state index contributed by atoms with van der Waals surface area (Å²) in [6.07, 6.45) is 2.71. The number of alkyl halides is 3. The van der Waals surface area contributed by atoms with Crippen LogP contribution >= 0.6 is 11.8 Å². The average molecular weight is 397 g/mol. The van der Waals surface area contributed by atoms with Crippen LogP contribution in [0.2, 0.25) is 0 Å². The zero-order valence-corrected chi connectivity index (χ0v) is 15.9. The van der Waals surface area contributed by atoms with Gasteiger partial charge in [-0.3, -0.25) is 4.99 Å². The Kier molecular flexibility index (Phi) is 8.67. The zero-order chi connectivity index (χ0) is 19.5. The van der Waals surface area contributed by atoms with E-state index in [2.05, 4.69) is 4.99 Å². The summed E-state index contributed by atoms with van der Waals surface area (Å²) in [5.74, 6) is 0.692. The topological polar surface area (TPSA) is 30.8 Å². The highest BCUT2D eigenvalue weighted by Gasteiger charge is 2.28. The van der Waals surface area contributed by atoms with Crippen molar-refractivity contribution in [1.82, 2.24) is 0 Å². The van der Waals surface area contributed by atoms with Crippen molar-refractivity contribution in [3.8, 4) is 5.75 Å². The van der Waals surface area contributed by atoms with Gasteiger partial charge in [-0.05, 0) is 72.6 Å². The van der Waals surface area contributed by atoms with E-state index in [0.29, 0.717) is 12.4 Å². The van der Waals surface area contributed by atoms with Gasteiger partial charge in [-0.15, -0.1) is 0 Å². The Morgan fingerprint density at radius 3 is 2.37 bits per heavy atom. The third-order valence-corrected chi connectivity index (χ3v) is 4.20. The number of thioether (sulfide) groups is 1. The summed E-state index contributed by atoms with van der Waals surface area (Å²) in [5, 5.41) is 0. The predicted molar refractivity (Wildman–Crippen MR) is 103 cm³/mol. The van der Waals surface area contributed by atoms with Gasteiger partial charge in [0.1, 0.15) is 12.4 Å². The van der Waals surface area contributed by atoms with Crippen LogP contribution in [0.5, 0.6) is 5.75 Å². The van der Waals surface area contributed by atoms with E-state index in [4.69, 9.17) is 9.47 Å². The fourth-order valence-electron chi connectivity index (χ4n) is 2.18. The molecule has 0 aromatic heterocycles. The molecule has 0 aliphatic heterocycles. The molecule has 3 nitrogen and oxygen atoms in total. The van der Waals surface area contributed by atoms with Crippen LogP contribution < -0.4 is 4.74 Å². The van der Waals surface area contributed by atoms with Gasteiger partial charge in [-0.2, -0.15) is 13.2 Å². The van der Waals surface area contributed by atoms with Crippen LogP contribution in [0.15, 0.2) is 58.4 Å². The number of halogens is 3. The van der Waals surface area contributed by atoms with Gasteiger partial charge in [0.05, 0.1) is 0 Å². The molecule has 0 spiro atoms. The molecule has 0 unspecified atom stereocenters. The number of aliphatic imine (C=N–C) groups is 1. The van der Waals surface area contributed by atoms with Gasteiger partial charge in [0.2, 0.25) is 0 Å². The number of nitrogens with zero attached hydrogens (tertiary/aromatic N) is 1. The highest BCUT2D eigenvalue weighted by Crippen LogP contribution is 2.36. The molecule has 0 saturated carbocycles. The Hall–Kier alpha value is -1.99. The Morgan fingerprint density at radius 2 is 1.74 bits per heavy atom. The Bertz CT molecular complexity index is 701. The van der Waals surface area contributed by atoms with Gasteiger partial charge in [0.15, 0.2) is 0 Å². The van der Waals surface area contributed by atoms with E-state index in [0.717, 1.165) is 37.3 Å². The lowest BCUT2D eigenvalue weighted by Gasteiger charge is -2.08. The highest BCUT2D eigenvalue weighted by molar-refractivity contribution is 8.00. The molecule has 0 amide bonds. The summed E-state index contributed by atoms with van der Waals surface area (Å²) in [6, 6.07) is 13.7. The first-order valence-corrected chi connectivity index (χ1v) is 9.43. The second kappa shape index (κ2) is 11.0. The largest absolute Gasteiger partial charge is 0.489 e. The summed E-state index contributed by atoms with van der Waals surface area (Å²) >= 11 is -0.123. The molecule has 0 aliphatic rings. The zero-order valence-electron chi connectivity index (χ0n) is 15.0. The molecule has 0 heterocycles. The van der Waals surface area contributed by atoms with Gasteiger partial charge in [0.25, 0.3) is 0 Å². The van der Waals surface area contributed by atoms with Crippen LogP contribution in [0.3, 0.4) is 0 Å². The molecule has 0 N–H and O–H groups in total. The lowest BCUT2D eigenvalue weighted by Crippen LogP contribution is -1.99. The van der Waals surface area contributed by atoms with E-state index < -0.39 is 5.51 Å². The summed E-state index contributed by atoms with van der Waals surface area (Å²) in [5.41, 5.74) is -2.49. The van der Waals surface area contributed by atoms with Crippen molar-refractivity contribution < 1.29 is 22.6 Å². The maximum absolute atomic E-state index is 12.3. The molecule has 0 atom stereocenters. The number of ether oxygens (including phenoxy) is 2. The van der Waals surface area contributed by atoms with Gasteiger partial charge in [0, 0.05) is 30.9 Å². The van der Waals surface area contributed by atoms with Crippen LogP contribution in [-0.2, 0) is 11.3 Å². The smallest absolute Gasteiger partial charge is 0.446 e. The maximum Gasteiger partial charge on any atom is 0.446 e. The average Bonchev–Trinajstić information content (AvgIpc) is 2.64. The van der Waals surface area contributed by atoms with E-state index in [-0.39, 0.29) is 16.7 Å². The van der Waals surface area contributed by atoms with E-state index >= 15 is 0 Å². The molecule has 2 aromatic rings. The lowest BCUT2D eigenvalue weighted by molar-refractivity contribution is -0.0328. The summed E-state index contributed by atoms with van der Waals surface area (Å²) in [7, 11) is 0. The van der Waals surface area contributed by atoms with Gasteiger partial charge >= 0.3 is 5.51 Å². The minimum Gasteiger partial charge on any atom is -0.489 e. The van der Waals surface area contributed by atoms with Crippen LogP contribution in [0, 0.1) is 0 Å². The number of hydrogen-bond donors (Lipinski definition) is 0. The minimum absolute atomic E-state index is 0.123. The standard InChI is InChI=1S/C20H22F3NO2S/c1-2-25-13-3-12-24-14-16-4-8-18(9-5-16)26-15-17-6-10-19(11-7-17)27-20(21,22)23/h4-11,14H,2-3,12-13,15H2,1H3. The van der Waals surface area contributed by atoms with E-state index in [1.807, 2.05) is 37.4 Å². The molecular weight excluding hydrogens is 375 g/mol. The molecule has 7 heteroatoms. The molecule has 0 fully saturated rings. The van der Waals surface area contributed by atoms with Crippen molar-refractivity contribution in [1.29, 1.82) is 0 Å². The van der Waals surface area contributed by atoms with Crippen molar-refractivity contribution in [2.45, 2.75) is 30.4 Å². The fraction of sp³-hybridized carbons (Fsp3) is 0.350. The summed E-state index contributed by atoms with van der Waals surface area (Å²) < 4.78 is 47.9. The SMILES string of the molecule is CCOCCCN=Cc1ccc(OCc2ccc(SC(F)(F)F)cc2)cc1.